The second kappa shape index (κ2) is 75.8. The van der Waals surface area contributed by atoms with E-state index in [-0.39, 0.29) is 148 Å². The van der Waals surface area contributed by atoms with Gasteiger partial charge in [-0.15, -0.1) is 47.5 Å². The molecule has 143 heavy (non-hydrogen) atoms. The standard InChI is InChI=1S/C17H18N2O3S.C17H17NO3S.C15H21NO3.C15H20O4.C10H18O5.C9H9BrO2.C9H12N2O.C9H11NO2.CH3I.CH4.2ClH.H4N2.H3N.H2O/c18-10-14(21)16-8-7-15(23-16)13(20)6-5-11-1-3-12(4-2-11)9-17(19)22;1-11(19)15-8-9-16(22-15)14(20)7-6-12-2-4-13(5-3-12)10-17(18)21;2*1-15(2,3)19-14(18)9-8-11-4-6-12(7-5-11)10-13(16)17;1-9(2,3)14-7(11)13-8(12)15-10(4,5)6;3*10-6-8-3-1-7(2-4-8)5-9(11)12;1-2;;;;1-2;;/h1-4,7-8H,5-6,9-10,18H2,(H2,19,22);2-5,8-9H,6-7,10H2,1H3,(H2,18,21);4-7H,8-10H2,1-3H3,(H2,16,17);4-7H,8-10H2,1-3H3,(H,16,17);1-6H3;1-4H,5-6H2,(H,11,12);1-4H,5-6,10H2,(H2,11,12);1-4H,5-6,10H2,(H,11,12);1H3;1H4;2*1H;1-2H2;1H3;1H2/i;;;;;;;;1D;;;;;;. The number of esters is 2. The number of hydrazine groups is 1. The first-order valence-electron chi connectivity index (χ1n) is 43.8. The summed E-state index contributed by atoms with van der Waals surface area (Å²) in [6, 6.07) is 58.8. The number of aliphatic carboxylic acids is 3. The Morgan fingerprint density at radius 3 is 0.727 bits per heavy atom. The fourth-order valence-electron chi connectivity index (χ4n) is 11.0. The molecule has 0 unspecified atom stereocenters. The second-order valence-electron chi connectivity index (χ2n) is 34.1. The molecule has 0 aliphatic rings. The Morgan fingerprint density at radius 2 is 0.531 bits per heavy atom. The highest BCUT2D eigenvalue weighted by molar-refractivity contribution is 14.1. The zero-order valence-electron chi connectivity index (χ0n) is 83.4. The number of benzene rings is 7. The van der Waals surface area contributed by atoms with Crippen molar-refractivity contribution in [1.29, 1.82) is 0 Å². The fraction of sp³-hybridized carbons (Fsp3) is 0.369. The molecule has 34 nitrogen and oxygen atoms in total. The number of amides is 4. The Balaban J connectivity index is -0.000000377. The SMILES string of the molecule is C.CC(=O)c1ccc(C(=O)CCc2ccc(CC(N)=O)cc2)s1.CC(C)(C)OC(=O)CCc1ccc(CC(=O)O)cc1.CC(C)(C)OC(=O)CCc1ccc(CC(N)=O)cc1.CC(C)(C)OC(=O)OC(=O)OC(C)(C)C.Cl.Cl.N.NCC(=O)c1ccc(C(=O)CCc2ccc(CC(N)=O)cc2)s1.NCc1ccc(CC(=O)O)cc1.NCc1ccc(CC(N)=O)cc1.NN.O.O=C(O)Cc1ccc(CBr)cc1.[2H]CI. The molecular formula is C103H144BrCl2IN10O24S2. The van der Waals surface area contributed by atoms with Gasteiger partial charge in [0, 0.05) is 45.5 Å². The number of primary amides is 4. The molecule has 2 heterocycles. The smallest absolute Gasteiger partial charge is 0.481 e. The van der Waals surface area contributed by atoms with Crippen LogP contribution in [0.4, 0.5) is 9.59 Å². The summed E-state index contributed by atoms with van der Waals surface area (Å²) in [5, 5.41) is 26.4. The van der Waals surface area contributed by atoms with E-state index in [1.807, 2.05) is 210 Å². The number of nitrogens with two attached hydrogens (primary N) is 9. The summed E-state index contributed by atoms with van der Waals surface area (Å²) in [5.74, 6) is 3.63. The number of alkyl halides is 2. The quantitative estimate of drug-likeness (QED) is 0.00260. The molecule has 0 aliphatic heterocycles. The predicted molar refractivity (Wildman–Crippen MR) is 577 cm³/mol. The summed E-state index contributed by atoms with van der Waals surface area (Å²) < 4.78 is 30.5. The van der Waals surface area contributed by atoms with Crippen molar-refractivity contribution in [1.82, 2.24) is 6.15 Å². The van der Waals surface area contributed by atoms with Crippen LogP contribution in [0.5, 0.6) is 0 Å². The number of carbonyl (C=O) groups is 15. The van der Waals surface area contributed by atoms with Crippen molar-refractivity contribution in [3.63, 3.8) is 0 Å². The first kappa shape index (κ1) is 140. The molecule has 2 aromatic heterocycles. The monoisotopic (exact) mass is 2250 g/mol. The van der Waals surface area contributed by atoms with Gasteiger partial charge in [0.2, 0.25) is 23.6 Å². The van der Waals surface area contributed by atoms with Crippen molar-refractivity contribution in [2.75, 3.05) is 11.5 Å². The average Bonchev–Trinajstić information content (AvgIpc) is 1.72. The van der Waals surface area contributed by atoms with Crippen LogP contribution >= 0.6 is 86.0 Å². The van der Waals surface area contributed by atoms with Gasteiger partial charge in [-0.3, -0.25) is 74.0 Å². The predicted octanol–water partition coefficient (Wildman–Crippen LogP) is 15.8. The number of carboxylic acids is 3. The van der Waals surface area contributed by atoms with Gasteiger partial charge in [0.25, 0.3) is 0 Å². The van der Waals surface area contributed by atoms with Crippen molar-refractivity contribution >= 4 is 175 Å². The maximum absolute atomic E-state index is 12.2. The minimum absolute atomic E-state index is 0. The largest absolute Gasteiger partial charge is 0.519 e. The lowest BCUT2D eigenvalue weighted by molar-refractivity contribution is -0.155. The lowest BCUT2D eigenvalue weighted by atomic mass is 10.0. The normalized spacial score (nSPS) is 10.1. The molecule has 9 rings (SSSR count). The third-order valence-corrected chi connectivity index (χ3v) is 20.3. The van der Waals surface area contributed by atoms with Gasteiger partial charge >= 0.3 is 42.2 Å². The van der Waals surface area contributed by atoms with Gasteiger partial charge in [0.15, 0.2) is 23.1 Å². The van der Waals surface area contributed by atoms with Gasteiger partial charge in [-0.1, -0.05) is 216 Å². The molecule has 0 aliphatic carbocycles. The van der Waals surface area contributed by atoms with Crippen LogP contribution in [0.3, 0.4) is 0 Å². The number of thiophene rings is 2. The Morgan fingerprint density at radius 1 is 0.336 bits per heavy atom. The van der Waals surface area contributed by atoms with Gasteiger partial charge in [-0.2, -0.15) is 0 Å². The van der Waals surface area contributed by atoms with Crippen LogP contribution in [0, 0.1) is 0 Å². The number of ether oxygens (including phenoxy) is 5. The molecule has 0 atom stereocenters. The minimum Gasteiger partial charge on any atom is -0.481 e. The highest BCUT2D eigenvalue weighted by Gasteiger charge is 2.25. The molecule has 0 spiro atoms. The molecule has 0 saturated heterocycles. The number of hydrogen-bond acceptors (Lipinski definition) is 28. The molecule has 9 aromatic rings. The van der Waals surface area contributed by atoms with E-state index in [1.54, 1.807) is 90.1 Å². The molecule has 0 radical (unpaired) electrons. The van der Waals surface area contributed by atoms with Crippen molar-refractivity contribution in [3.8, 4) is 0 Å². The van der Waals surface area contributed by atoms with E-state index >= 15 is 0 Å². The van der Waals surface area contributed by atoms with Gasteiger partial charge in [0.05, 0.1) is 71.0 Å². The van der Waals surface area contributed by atoms with Crippen LogP contribution in [-0.4, -0.2) is 144 Å². The van der Waals surface area contributed by atoms with E-state index in [1.165, 1.54) is 29.6 Å². The number of carbonyl (C=O) groups excluding carboxylic acids is 12. The molecule has 40 heteroatoms. The molecular weight excluding hydrogens is 2100 g/mol. The second-order valence-corrected chi connectivity index (χ2v) is 36.8. The molecule has 0 bridgehead atoms. The summed E-state index contributed by atoms with van der Waals surface area (Å²) in [6.07, 6.45) is 2.96. The third-order valence-electron chi connectivity index (χ3n) is 17.2. The number of halogens is 4. The summed E-state index contributed by atoms with van der Waals surface area (Å²) in [4.78, 5) is 169. The van der Waals surface area contributed by atoms with Crippen LogP contribution in [0.25, 0.3) is 0 Å². The number of aryl methyl sites for hydroxylation is 4. The summed E-state index contributed by atoms with van der Waals surface area (Å²) in [7, 11) is 0. The highest BCUT2D eigenvalue weighted by Crippen LogP contribution is 2.24. The molecule has 7 aromatic carbocycles. The first-order valence-corrected chi connectivity index (χ1v) is 47.4. The van der Waals surface area contributed by atoms with Crippen molar-refractivity contribution in [2.45, 2.75) is 235 Å². The van der Waals surface area contributed by atoms with Crippen LogP contribution in [0.2, 0.25) is 0 Å². The van der Waals surface area contributed by atoms with Gasteiger partial charge in [-0.25, -0.2) is 9.59 Å². The fourth-order valence-corrected chi connectivity index (χ4v) is 13.2. The van der Waals surface area contributed by atoms with Gasteiger partial charge in [-0.05, 0) is 223 Å². The van der Waals surface area contributed by atoms with Gasteiger partial charge in [0.1, 0.15) is 22.4 Å². The first-order chi connectivity index (χ1) is 65.0. The zero-order valence-corrected chi connectivity index (χ0v) is 89.4. The van der Waals surface area contributed by atoms with E-state index in [4.69, 9.17) is 75.8 Å². The molecule has 0 saturated carbocycles. The number of rotatable bonds is 34. The zero-order chi connectivity index (χ0) is 106. The van der Waals surface area contributed by atoms with E-state index in [9.17, 15) is 71.9 Å². The summed E-state index contributed by atoms with van der Waals surface area (Å²) in [6.45, 7) is 23.6. The lowest BCUT2D eigenvalue weighted by Gasteiger charge is -2.20. The van der Waals surface area contributed by atoms with Gasteiger partial charge < -0.3 is 90.8 Å². The van der Waals surface area contributed by atoms with Crippen molar-refractivity contribution < 1.29 is 118 Å². The number of carboxylic acid groups (broad SMARTS) is 3. The van der Waals surface area contributed by atoms with Crippen molar-refractivity contribution in [3.05, 3.63) is 292 Å². The molecule has 4 amide bonds. The average molecular weight is 2250 g/mol. The maximum Gasteiger partial charge on any atom is 0.519 e. The van der Waals surface area contributed by atoms with Crippen LogP contribution < -0.4 is 58.0 Å². The number of Topliss-reactive ketones (excluding diaryl/α,β-unsaturated/α-hetero) is 4. The summed E-state index contributed by atoms with van der Waals surface area (Å²) >= 11 is 7.70. The van der Waals surface area contributed by atoms with Crippen LogP contribution in [0.15, 0.2) is 194 Å². The molecule has 790 valence electrons. The van der Waals surface area contributed by atoms with E-state index in [2.05, 4.69) is 32.4 Å². The Labute approximate surface area is 881 Å². The minimum atomic E-state index is -1.06. The van der Waals surface area contributed by atoms with Crippen LogP contribution in [0.1, 0.15) is 241 Å². The number of hydrogen-bond donors (Lipinski definition) is 13. The van der Waals surface area contributed by atoms with E-state index in [0.29, 0.717) is 95.3 Å². The Bertz CT molecular complexity index is 5090. The Hall–Kier alpha value is -11.9. The highest BCUT2D eigenvalue weighted by atomic mass is 127. The van der Waals surface area contributed by atoms with Crippen LogP contribution in [-0.2, 0) is 156 Å². The Kier molecular flexibility index (Phi) is 74.0. The molecule has 26 N–H and O–H groups in total. The number of ketones is 4. The van der Waals surface area contributed by atoms with Crippen molar-refractivity contribution in [2.24, 2.45) is 51.8 Å². The topological polar surface area (TPSA) is 664 Å². The maximum atomic E-state index is 12.2. The summed E-state index contributed by atoms with van der Waals surface area (Å²) in [5.41, 5.74) is 47.5. The van der Waals surface area contributed by atoms with E-state index < -0.39 is 52.6 Å². The third kappa shape index (κ3) is 72.1. The molecule has 0 fully saturated rings. The lowest BCUT2D eigenvalue weighted by Crippen LogP contribution is -2.29. The van der Waals surface area contributed by atoms with E-state index in [0.717, 1.165) is 83.2 Å².